The van der Waals surface area contributed by atoms with E-state index in [1.54, 1.807) is 29.4 Å². The normalized spacial score (nSPS) is 14.0. The van der Waals surface area contributed by atoms with E-state index in [0.717, 1.165) is 22.3 Å². The van der Waals surface area contributed by atoms with Crippen LogP contribution < -0.4 is 5.73 Å². The number of hydrogen-bond donors (Lipinski definition) is 2. The number of nitrogens with two attached hydrogens (primary N) is 1. The highest BCUT2D eigenvalue weighted by Crippen LogP contribution is 2.27. The van der Waals surface area contributed by atoms with Crippen LogP contribution >= 0.6 is 0 Å². The molecule has 1 amide bonds. The van der Waals surface area contributed by atoms with Gasteiger partial charge in [0.15, 0.2) is 11.6 Å². The lowest BCUT2D eigenvalue weighted by atomic mass is 10.0. The summed E-state index contributed by atoms with van der Waals surface area (Å²) in [6, 6.07) is 13.1. The van der Waals surface area contributed by atoms with Crippen molar-refractivity contribution in [1.29, 1.82) is 0 Å². The molecule has 30 heavy (non-hydrogen) atoms. The van der Waals surface area contributed by atoms with Crippen LogP contribution in [-0.4, -0.2) is 48.8 Å². The van der Waals surface area contributed by atoms with Gasteiger partial charge in [-0.05, 0) is 36.3 Å². The number of carbonyl (C=O) groups is 1. The van der Waals surface area contributed by atoms with Gasteiger partial charge in [0.2, 0.25) is 0 Å². The lowest BCUT2D eigenvalue weighted by Crippen LogP contribution is -2.35. The van der Waals surface area contributed by atoms with Crippen molar-refractivity contribution in [3.8, 4) is 11.5 Å². The summed E-state index contributed by atoms with van der Waals surface area (Å²) in [5.41, 5.74) is 10.6. The van der Waals surface area contributed by atoms with E-state index in [-0.39, 0.29) is 8.76 Å². The highest BCUT2D eigenvalue weighted by Gasteiger charge is 2.21. The van der Waals surface area contributed by atoms with Crippen molar-refractivity contribution in [3.63, 3.8) is 0 Å². The number of H-pyrrole nitrogens is 1. The zero-order valence-corrected chi connectivity index (χ0v) is 16.1. The van der Waals surface area contributed by atoms with Crippen molar-refractivity contribution >= 4 is 28.3 Å². The number of aromatic amines is 1. The molecule has 152 valence electrons. The van der Waals surface area contributed by atoms with E-state index < -0.39 is 0 Å². The molecule has 0 unspecified atom stereocenters. The molecular formula is C22H23N7O. The number of nitrogens with zero attached hydrogens (tertiary/aromatic N) is 5. The van der Waals surface area contributed by atoms with Crippen molar-refractivity contribution in [2.24, 2.45) is 0 Å². The summed E-state index contributed by atoms with van der Waals surface area (Å²) in [7, 11) is 0. The van der Waals surface area contributed by atoms with Gasteiger partial charge in [-0.3, -0.25) is 9.78 Å². The van der Waals surface area contributed by atoms with Gasteiger partial charge >= 0.3 is 0 Å². The van der Waals surface area contributed by atoms with E-state index in [2.05, 4.69) is 19.9 Å². The SMILES string of the molecule is Nc1ncc(C2=CCN(C(=O)c3ccccn3)CC2)nc1-c1nc2ccccc2[nH]1.[HH].[HH]. The molecule has 8 heteroatoms. The quantitative estimate of drug-likeness (QED) is 0.544. The van der Waals surface area contributed by atoms with Gasteiger partial charge in [0.1, 0.15) is 11.4 Å². The lowest BCUT2D eigenvalue weighted by molar-refractivity contribution is 0.0767. The summed E-state index contributed by atoms with van der Waals surface area (Å²) in [6.07, 6.45) is 5.98. The van der Waals surface area contributed by atoms with Crippen LogP contribution in [0.5, 0.6) is 0 Å². The van der Waals surface area contributed by atoms with Crippen molar-refractivity contribution in [2.75, 3.05) is 18.8 Å². The smallest absolute Gasteiger partial charge is 0.272 e. The number of rotatable bonds is 3. The van der Waals surface area contributed by atoms with Gasteiger partial charge < -0.3 is 15.6 Å². The Kier molecular flexibility index (Phi) is 4.44. The van der Waals surface area contributed by atoms with E-state index in [1.165, 1.54) is 0 Å². The molecule has 4 heterocycles. The van der Waals surface area contributed by atoms with E-state index in [1.807, 2.05) is 36.4 Å². The number of aromatic nitrogens is 5. The fourth-order valence-electron chi connectivity index (χ4n) is 3.53. The third-order valence-electron chi connectivity index (χ3n) is 5.12. The van der Waals surface area contributed by atoms with Gasteiger partial charge in [0, 0.05) is 22.1 Å². The molecule has 0 bridgehead atoms. The second-order valence-electron chi connectivity index (χ2n) is 7.04. The summed E-state index contributed by atoms with van der Waals surface area (Å²) < 4.78 is 0. The average Bonchev–Trinajstić information content (AvgIpc) is 3.24. The third-order valence-corrected chi connectivity index (χ3v) is 5.12. The monoisotopic (exact) mass is 401 g/mol. The molecule has 3 N–H and O–H groups in total. The molecule has 1 aromatic carbocycles. The van der Waals surface area contributed by atoms with Crippen LogP contribution in [0.4, 0.5) is 5.82 Å². The molecule has 0 fully saturated rings. The molecule has 0 radical (unpaired) electrons. The number of benzene rings is 1. The average molecular weight is 401 g/mol. The predicted octanol–water partition coefficient (Wildman–Crippen LogP) is 3.42. The van der Waals surface area contributed by atoms with E-state index in [9.17, 15) is 4.79 Å². The largest absolute Gasteiger partial charge is 0.382 e. The Morgan fingerprint density at radius 1 is 1.10 bits per heavy atom. The van der Waals surface area contributed by atoms with Crippen LogP contribution in [0.15, 0.2) is 60.9 Å². The Labute approximate surface area is 175 Å². The molecule has 3 aromatic heterocycles. The number of pyridine rings is 1. The number of anilines is 1. The fourth-order valence-corrected chi connectivity index (χ4v) is 3.53. The van der Waals surface area contributed by atoms with Gasteiger partial charge in [0.25, 0.3) is 5.91 Å². The van der Waals surface area contributed by atoms with Gasteiger partial charge in [-0.1, -0.05) is 24.3 Å². The summed E-state index contributed by atoms with van der Waals surface area (Å²) in [4.78, 5) is 35.4. The number of imidazole rings is 1. The standard InChI is InChI=1S/C22H19N7O.2H2/c23-20-19(21-27-15-5-1-2-6-16(15)28-21)26-18(13-25-20)14-8-11-29(12-9-14)22(30)17-7-3-4-10-24-17;;/h1-8,10,13H,9,11-12H2,(H2,23,25)(H,27,28);2*1H. The van der Waals surface area contributed by atoms with Gasteiger partial charge in [0.05, 0.1) is 22.9 Å². The topological polar surface area (TPSA) is 114 Å². The molecule has 0 saturated heterocycles. The summed E-state index contributed by atoms with van der Waals surface area (Å²) in [5, 5.41) is 0. The Hall–Kier alpha value is -4.07. The van der Waals surface area contributed by atoms with Crippen LogP contribution in [0.3, 0.4) is 0 Å². The molecule has 0 saturated carbocycles. The number of nitrogens with one attached hydrogen (secondary N) is 1. The van der Waals surface area contributed by atoms with Gasteiger partial charge in [-0.2, -0.15) is 0 Å². The number of para-hydroxylation sites is 2. The molecule has 1 aliphatic rings. The minimum Gasteiger partial charge on any atom is -0.382 e. The van der Waals surface area contributed by atoms with Gasteiger partial charge in [-0.25, -0.2) is 15.0 Å². The Morgan fingerprint density at radius 3 is 2.73 bits per heavy atom. The van der Waals surface area contributed by atoms with Crippen molar-refractivity contribution in [3.05, 3.63) is 72.3 Å². The molecule has 1 aliphatic heterocycles. The van der Waals surface area contributed by atoms with E-state index in [0.29, 0.717) is 42.5 Å². The second kappa shape index (κ2) is 7.40. The first-order valence-electron chi connectivity index (χ1n) is 9.66. The first kappa shape index (κ1) is 18.0. The number of fused-ring (bicyclic) bond motifs is 1. The Morgan fingerprint density at radius 2 is 1.97 bits per heavy atom. The molecule has 8 nitrogen and oxygen atoms in total. The minimum absolute atomic E-state index is 0. The molecule has 4 aromatic rings. The fraction of sp³-hybridized carbons (Fsp3) is 0.136. The molecule has 0 spiro atoms. The Balaban J connectivity index is 0.00000144. The zero-order valence-electron chi connectivity index (χ0n) is 16.1. The maximum absolute atomic E-state index is 12.6. The Bertz CT molecular complexity index is 1240. The lowest BCUT2D eigenvalue weighted by Gasteiger charge is -2.26. The highest BCUT2D eigenvalue weighted by atomic mass is 16.2. The van der Waals surface area contributed by atoms with Crippen LogP contribution in [0.25, 0.3) is 28.1 Å². The number of amides is 1. The number of carbonyl (C=O) groups excluding carboxylic acids is 1. The number of nitrogen functional groups attached to an aromatic ring is 1. The maximum atomic E-state index is 12.6. The molecular weight excluding hydrogens is 378 g/mol. The van der Waals surface area contributed by atoms with Crippen LogP contribution in [0, 0.1) is 0 Å². The second-order valence-corrected chi connectivity index (χ2v) is 7.04. The van der Waals surface area contributed by atoms with Crippen molar-refractivity contribution in [2.45, 2.75) is 6.42 Å². The van der Waals surface area contributed by atoms with Crippen LogP contribution in [-0.2, 0) is 0 Å². The first-order chi connectivity index (χ1) is 14.7. The number of hydrogen-bond acceptors (Lipinski definition) is 6. The third kappa shape index (κ3) is 3.28. The summed E-state index contributed by atoms with van der Waals surface area (Å²) in [5.74, 6) is 0.838. The van der Waals surface area contributed by atoms with Crippen LogP contribution in [0.2, 0.25) is 0 Å². The maximum Gasteiger partial charge on any atom is 0.272 e. The summed E-state index contributed by atoms with van der Waals surface area (Å²) in [6.45, 7) is 1.09. The van der Waals surface area contributed by atoms with E-state index >= 15 is 0 Å². The van der Waals surface area contributed by atoms with E-state index in [4.69, 9.17) is 10.7 Å². The van der Waals surface area contributed by atoms with Crippen molar-refractivity contribution in [1.82, 2.24) is 29.8 Å². The highest BCUT2D eigenvalue weighted by molar-refractivity contribution is 5.92. The molecule has 0 aliphatic carbocycles. The van der Waals surface area contributed by atoms with Crippen LogP contribution in [0.1, 0.15) is 25.5 Å². The first-order valence-corrected chi connectivity index (χ1v) is 9.66. The summed E-state index contributed by atoms with van der Waals surface area (Å²) >= 11 is 0. The molecule has 5 rings (SSSR count). The zero-order chi connectivity index (χ0) is 20.5. The predicted molar refractivity (Wildman–Crippen MR) is 118 cm³/mol. The van der Waals surface area contributed by atoms with Gasteiger partial charge in [-0.15, -0.1) is 0 Å². The van der Waals surface area contributed by atoms with Crippen molar-refractivity contribution < 1.29 is 7.65 Å². The minimum atomic E-state index is -0.0720. The molecule has 0 atom stereocenters.